The Morgan fingerprint density at radius 3 is 2.59 bits per heavy atom. The zero-order chi connectivity index (χ0) is 12.1. The third-order valence-electron chi connectivity index (χ3n) is 2.11. The molecule has 0 atom stereocenters. The maximum absolute atomic E-state index is 4.37. The smallest absolute Gasteiger partial charge is 0.236 e. The molecule has 1 aromatic carbocycles. The average molecular weight is 249 g/mol. The second kappa shape index (κ2) is 5.58. The lowest BCUT2D eigenvalue weighted by molar-refractivity contribution is 0.770. The number of amidine groups is 1. The van der Waals surface area contributed by atoms with Gasteiger partial charge in [0.2, 0.25) is 5.96 Å². The first kappa shape index (κ1) is 11.8. The first-order chi connectivity index (χ1) is 8.28. The molecule has 90 valence electrons. The van der Waals surface area contributed by atoms with Crippen LogP contribution in [0.25, 0.3) is 0 Å². The van der Waals surface area contributed by atoms with E-state index in [0.29, 0.717) is 5.96 Å². The van der Waals surface area contributed by atoms with E-state index in [0.717, 1.165) is 16.6 Å². The standard InChI is InChI=1S/C11H15N5S/c1-3-17-11-15-13-10(14-16-11)12-9-6-4-8(2)5-7-9/h4-7H,3H2,1-2H3,(H,15,16)(H2,12,13,14). The van der Waals surface area contributed by atoms with Crippen LogP contribution in [0.2, 0.25) is 0 Å². The maximum Gasteiger partial charge on any atom is 0.236 e. The first-order valence-corrected chi connectivity index (χ1v) is 6.40. The molecule has 1 aromatic rings. The molecule has 1 heterocycles. The minimum absolute atomic E-state index is 0.592. The van der Waals surface area contributed by atoms with E-state index in [1.807, 2.05) is 31.2 Å². The van der Waals surface area contributed by atoms with Crippen LogP contribution in [0, 0.1) is 6.92 Å². The Bertz CT molecular complexity index is 438. The van der Waals surface area contributed by atoms with Crippen molar-refractivity contribution in [3.63, 3.8) is 0 Å². The lowest BCUT2D eigenvalue weighted by Gasteiger charge is -2.17. The number of hydrogen-bond donors (Lipinski definition) is 3. The molecule has 6 heteroatoms. The summed E-state index contributed by atoms with van der Waals surface area (Å²) in [5.41, 5.74) is 10.9. The molecule has 0 radical (unpaired) electrons. The number of nitrogens with one attached hydrogen (secondary N) is 3. The van der Waals surface area contributed by atoms with Gasteiger partial charge in [-0.1, -0.05) is 36.4 Å². The fourth-order valence-corrected chi connectivity index (χ4v) is 1.79. The van der Waals surface area contributed by atoms with E-state index >= 15 is 0 Å². The molecule has 0 fully saturated rings. The number of benzene rings is 1. The number of thioether (sulfide) groups is 1. The minimum atomic E-state index is 0.592. The van der Waals surface area contributed by atoms with Crippen molar-refractivity contribution in [3.8, 4) is 0 Å². The molecule has 3 N–H and O–H groups in total. The number of hydrazone groups is 1. The van der Waals surface area contributed by atoms with E-state index in [1.165, 1.54) is 5.56 Å². The molecule has 1 aliphatic rings. The lowest BCUT2D eigenvalue weighted by atomic mass is 10.2. The Labute approximate surface area is 105 Å². The van der Waals surface area contributed by atoms with Gasteiger partial charge < -0.3 is 0 Å². The summed E-state index contributed by atoms with van der Waals surface area (Å²) in [7, 11) is 0. The molecule has 0 spiro atoms. The molecule has 0 aromatic heterocycles. The SMILES string of the molecule is CCSC1=NNC(=Nc2ccc(C)cc2)NN1. The van der Waals surface area contributed by atoms with Crippen molar-refractivity contribution in [1.82, 2.24) is 16.3 Å². The summed E-state index contributed by atoms with van der Waals surface area (Å²) in [6.07, 6.45) is 0. The predicted octanol–water partition coefficient (Wildman–Crippen LogP) is 1.70. The van der Waals surface area contributed by atoms with Crippen molar-refractivity contribution >= 4 is 28.6 Å². The van der Waals surface area contributed by atoms with Crippen LogP contribution in [0.15, 0.2) is 34.4 Å². The third kappa shape index (κ3) is 3.39. The van der Waals surface area contributed by atoms with Crippen LogP contribution < -0.4 is 16.3 Å². The number of hydrazine groups is 1. The van der Waals surface area contributed by atoms with Crippen molar-refractivity contribution in [2.45, 2.75) is 13.8 Å². The minimum Gasteiger partial charge on any atom is -0.275 e. The number of guanidine groups is 1. The van der Waals surface area contributed by atoms with E-state index in [2.05, 4.69) is 33.3 Å². The van der Waals surface area contributed by atoms with Crippen molar-refractivity contribution in [2.24, 2.45) is 10.1 Å². The summed E-state index contributed by atoms with van der Waals surface area (Å²) in [4.78, 5) is 4.37. The van der Waals surface area contributed by atoms with E-state index in [1.54, 1.807) is 11.8 Å². The molecule has 0 bridgehead atoms. The van der Waals surface area contributed by atoms with Crippen molar-refractivity contribution in [2.75, 3.05) is 5.75 Å². The highest BCUT2D eigenvalue weighted by atomic mass is 32.2. The highest BCUT2D eigenvalue weighted by molar-refractivity contribution is 8.13. The summed E-state index contributed by atoms with van der Waals surface area (Å²) in [5.74, 6) is 1.56. The van der Waals surface area contributed by atoms with Gasteiger partial charge in [0.25, 0.3) is 0 Å². The average Bonchev–Trinajstić information content (AvgIpc) is 2.35. The summed E-state index contributed by atoms with van der Waals surface area (Å²) >= 11 is 1.62. The molecule has 0 aliphatic carbocycles. The molecule has 0 saturated heterocycles. The van der Waals surface area contributed by atoms with Gasteiger partial charge in [0, 0.05) is 0 Å². The van der Waals surface area contributed by atoms with Crippen LogP contribution in [-0.2, 0) is 0 Å². The second-order valence-corrected chi connectivity index (χ2v) is 4.76. The molecule has 5 nitrogen and oxygen atoms in total. The summed E-state index contributed by atoms with van der Waals surface area (Å²) in [6.45, 7) is 4.12. The molecule has 2 rings (SSSR count). The normalized spacial score (nSPS) is 16.8. The van der Waals surface area contributed by atoms with Crippen molar-refractivity contribution in [3.05, 3.63) is 29.8 Å². The largest absolute Gasteiger partial charge is 0.275 e. The number of nitrogens with zero attached hydrogens (tertiary/aromatic N) is 2. The van der Waals surface area contributed by atoms with Gasteiger partial charge in [-0.25, -0.2) is 10.4 Å². The van der Waals surface area contributed by atoms with Crippen molar-refractivity contribution in [1.29, 1.82) is 0 Å². The molecule has 0 amide bonds. The fourth-order valence-electron chi connectivity index (χ4n) is 1.28. The fraction of sp³-hybridized carbons (Fsp3) is 0.273. The molecular weight excluding hydrogens is 234 g/mol. The Kier molecular flexibility index (Phi) is 3.87. The summed E-state index contributed by atoms with van der Waals surface area (Å²) in [6, 6.07) is 7.98. The quantitative estimate of drug-likeness (QED) is 0.746. The molecule has 0 unspecified atom stereocenters. The van der Waals surface area contributed by atoms with Crippen LogP contribution in [0.3, 0.4) is 0 Å². The monoisotopic (exact) mass is 249 g/mol. The summed E-state index contributed by atoms with van der Waals surface area (Å²) in [5, 5.41) is 4.95. The Morgan fingerprint density at radius 1 is 1.24 bits per heavy atom. The molecular formula is C11H15N5S. The molecule has 17 heavy (non-hydrogen) atoms. The van der Waals surface area contributed by atoms with Gasteiger partial charge in [-0.2, -0.15) is 0 Å². The van der Waals surface area contributed by atoms with Crippen LogP contribution in [0.5, 0.6) is 0 Å². The lowest BCUT2D eigenvalue weighted by Crippen LogP contribution is -2.50. The predicted molar refractivity (Wildman–Crippen MR) is 73.2 cm³/mol. The Balaban J connectivity index is 2.03. The zero-order valence-electron chi connectivity index (χ0n) is 9.82. The van der Waals surface area contributed by atoms with Gasteiger partial charge in [0.1, 0.15) is 0 Å². The van der Waals surface area contributed by atoms with Gasteiger partial charge in [-0.05, 0) is 24.8 Å². The Morgan fingerprint density at radius 2 is 2.00 bits per heavy atom. The van der Waals surface area contributed by atoms with Crippen LogP contribution in [0.4, 0.5) is 5.69 Å². The Hall–Kier alpha value is -1.69. The number of rotatable bonds is 2. The topological polar surface area (TPSA) is 60.8 Å². The number of hydrogen-bond acceptors (Lipinski definition) is 4. The van der Waals surface area contributed by atoms with E-state index in [4.69, 9.17) is 0 Å². The van der Waals surface area contributed by atoms with Gasteiger partial charge in [0.15, 0.2) is 5.17 Å². The first-order valence-electron chi connectivity index (χ1n) is 5.42. The second-order valence-electron chi connectivity index (χ2n) is 3.51. The highest BCUT2D eigenvalue weighted by Gasteiger charge is 2.07. The maximum atomic E-state index is 4.37. The number of aryl methyl sites for hydroxylation is 1. The van der Waals surface area contributed by atoms with Gasteiger partial charge >= 0.3 is 0 Å². The van der Waals surface area contributed by atoms with Crippen LogP contribution in [-0.4, -0.2) is 16.9 Å². The van der Waals surface area contributed by atoms with E-state index in [-0.39, 0.29) is 0 Å². The number of aliphatic imine (C=N–C) groups is 1. The van der Waals surface area contributed by atoms with Crippen LogP contribution in [0.1, 0.15) is 12.5 Å². The van der Waals surface area contributed by atoms with Crippen LogP contribution >= 0.6 is 11.8 Å². The highest BCUT2D eigenvalue weighted by Crippen LogP contribution is 2.12. The van der Waals surface area contributed by atoms with Gasteiger partial charge in [-0.15, -0.1) is 5.10 Å². The molecule has 1 aliphatic heterocycles. The van der Waals surface area contributed by atoms with Gasteiger partial charge in [-0.3, -0.25) is 10.9 Å². The van der Waals surface area contributed by atoms with Crippen molar-refractivity contribution < 1.29 is 0 Å². The molecule has 0 saturated carbocycles. The van der Waals surface area contributed by atoms with Gasteiger partial charge in [0.05, 0.1) is 5.69 Å². The third-order valence-corrected chi connectivity index (χ3v) is 2.86. The van der Waals surface area contributed by atoms with E-state index < -0.39 is 0 Å². The van der Waals surface area contributed by atoms with E-state index in [9.17, 15) is 0 Å². The summed E-state index contributed by atoms with van der Waals surface area (Å²) < 4.78 is 0. The zero-order valence-corrected chi connectivity index (χ0v) is 10.6.